The van der Waals surface area contributed by atoms with Crippen LogP contribution >= 0.6 is 0 Å². The van der Waals surface area contributed by atoms with Crippen LogP contribution in [0.1, 0.15) is 21.9 Å². The monoisotopic (exact) mass is 371 g/mol. The number of benzene rings is 2. The van der Waals surface area contributed by atoms with Crippen molar-refractivity contribution in [3.05, 3.63) is 88.5 Å². The molecule has 0 aliphatic heterocycles. The predicted molar refractivity (Wildman–Crippen MR) is 107 cm³/mol. The summed E-state index contributed by atoms with van der Waals surface area (Å²) in [5, 5.41) is 3.38. The first-order valence-corrected chi connectivity index (χ1v) is 8.71. The Kier molecular flexibility index (Phi) is 4.41. The summed E-state index contributed by atoms with van der Waals surface area (Å²) in [6.07, 6.45) is 4.38. The lowest BCUT2D eigenvalue weighted by Gasteiger charge is -2.14. The molecule has 1 N–H and O–H groups in total. The number of aryl methyl sites for hydroxylation is 2. The quantitative estimate of drug-likeness (QED) is 0.598. The molecule has 0 spiro atoms. The molecule has 0 aliphatic rings. The Bertz CT molecular complexity index is 1250. The topological polar surface area (TPSA) is 89.8 Å². The van der Waals surface area contributed by atoms with Crippen molar-refractivity contribution in [1.82, 2.24) is 19.5 Å². The van der Waals surface area contributed by atoms with Gasteiger partial charge in [-0.1, -0.05) is 12.1 Å². The van der Waals surface area contributed by atoms with E-state index in [-0.39, 0.29) is 17.2 Å². The van der Waals surface area contributed by atoms with Gasteiger partial charge in [-0.3, -0.25) is 19.1 Å². The van der Waals surface area contributed by atoms with Crippen molar-refractivity contribution in [1.29, 1.82) is 0 Å². The predicted octanol–water partition coefficient (Wildman–Crippen LogP) is 3.04. The molecule has 0 aliphatic carbocycles. The van der Waals surface area contributed by atoms with Crippen LogP contribution in [0.15, 0.2) is 65.8 Å². The molecule has 7 heteroatoms. The molecule has 0 saturated carbocycles. The van der Waals surface area contributed by atoms with Crippen LogP contribution in [0.4, 0.5) is 5.69 Å². The Hall–Kier alpha value is -3.87. The number of fused-ring (bicyclic) bond motifs is 1. The van der Waals surface area contributed by atoms with Gasteiger partial charge in [-0.25, -0.2) is 9.97 Å². The van der Waals surface area contributed by atoms with E-state index in [1.807, 2.05) is 31.2 Å². The SMILES string of the molecule is Cc1cc(-n2c(C)nc3ccccc3c2=O)ccc1NC(=O)c1cnccn1. The van der Waals surface area contributed by atoms with Crippen molar-refractivity contribution in [2.24, 2.45) is 0 Å². The summed E-state index contributed by atoms with van der Waals surface area (Å²) in [5.41, 5.74) is 2.92. The zero-order chi connectivity index (χ0) is 19.7. The number of aromatic nitrogens is 4. The molecule has 28 heavy (non-hydrogen) atoms. The highest BCUT2D eigenvalue weighted by Gasteiger charge is 2.13. The molecule has 0 unspecified atom stereocenters. The lowest BCUT2D eigenvalue weighted by Crippen LogP contribution is -2.22. The molecule has 7 nitrogen and oxygen atoms in total. The Balaban J connectivity index is 1.72. The maximum absolute atomic E-state index is 12.9. The highest BCUT2D eigenvalue weighted by atomic mass is 16.2. The number of amides is 1. The maximum Gasteiger partial charge on any atom is 0.275 e. The summed E-state index contributed by atoms with van der Waals surface area (Å²) in [6, 6.07) is 12.7. The summed E-state index contributed by atoms with van der Waals surface area (Å²) < 4.78 is 1.57. The van der Waals surface area contributed by atoms with Gasteiger partial charge >= 0.3 is 0 Å². The van der Waals surface area contributed by atoms with Crippen molar-refractivity contribution in [2.45, 2.75) is 13.8 Å². The molecule has 0 atom stereocenters. The van der Waals surface area contributed by atoms with Crippen molar-refractivity contribution >= 4 is 22.5 Å². The number of para-hydroxylation sites is 1. The third-order valence-electron chi connectivity index (χ3n) is 4.46. The van der Waals surface area contributed by atoms with Gasteiger partial charge in [-0.2, -0.15) is 0 Å². The number of hydrogen-bond acceptors (Lipinski definition) is 5. The summed E-state index contributed by atoms with van der Waals surface area (Å²) in [4.78, 5) is 37.7. The lowest BCUT2D eigenvalue weighted by molar-refractivity contribution is 0.102. The second-order valence-electron chi connectivity index (χ2n) is 6.36. The minimum absolute atomic E-state index is 0.126. The normalized spacial score (nSPS) is 10.8. The first kappa shape index (κ1) is 17.5. The molecule has 2 aromatic heterocycles. The fourth-order valence-corrected chi connectivity index (χ4v) is 3.08. The van der Waals surface area contributed by atoms with Crippen LogP contribution in [0.25, 0.3) is 16.6 Å². The van der Waals surface area contributed by atoms with Crippen molar-refractivity contribution in [3.8, 4) is 5.69 Å². The van der Waals surface area contributed by atoms with E-state index in [2.05, 4.69) is 20.3 Å². The fourth-order valence-electron chi connectivity index (χ4n) is 3.08. The number of nitrogens with one attached hydrogen (secondary N) is 1. The van der Waals surface area contributed by atoms with E-state index in [9.17, 15) is 9.59 Å². The average Bonchev–Trinajstić information content (AvgIpc) is 2.70. The van der Waals surface area contributed by atoms with E-state index in [1.54, 1.807) is 29.7 Å². The standard InChI is InChI=1S/C21H17N5O2/c1-13-11-15(7-8-17(13)25-20(27)19-12-22-9-10-23-19)26-14(2)24-18-6-4-3-5-16(18)21(26)28/h3-12H,1-2H3,(H,25,27). The molecule has 0 saturated heterocycles. The van der Waals surface area contributed by atoms with E-state index in [4.69, 9.17) is 0 Å². The van der Waals surface area contributed by atoms with E-state index in [1.165, 1.54) is 18.6 Å². The largest absolute Gasteiger partial charge is 0.320 e. The average molecular weight is 371 g/mol. The first-order valence-electron chi connectivity index (χ1n) is 8.71. The minimum Gasteiger partial charge on any atom is -0.320 e. The molecule has 2 aromatic carbocycles. The number of carbonyl (C=O) groups excluding carboxylic acids is 1. The molecule has 0 bridgehead atoms. The van der Waals surface area contributed by atoms with E-state index >= 15 is 0 Å². The van der Waals surface area contributed by atoms with Gasteiger partial charge in [-0.05, 0) is 49.7 Å². The first-order chi connectivity index (χ1) is 13.5. The summed E-state index contributed by atoms with van der Waals surface area (Å²) in [7, 11) is 0. The molecule has 138 valence electrons. The smallest absolute Gasteiger partial charge is 0.275 e. The lowest BCUT2D eigenvalue weighted by atomic mass is 10.1. The van der Waals surface area contributed by atoms with Gasteiger partial charge in [0.1, 0.15) is 11.5 Å². The van der Waals surface area contributed by atoms with Crippen molar-refractivity contribution in [2.75, 3.05) is 5.32 Å². The van der Waals surface area contributed by atoms with Crippen LogP contribution in [-0.4, -0.2) is 25.4 Å². The minimum atomic E-state index is -0.343. The Morgan fingerprint density at radius 1 is 1.07 bits per heavy atom. The Morgan fingerprint density at radius 3 is 2.64 bits per heavy atom. The van der Waals surface area contributed by atoms with Crippen LogP contribution in [-0.2, 0) is 0 Å². The molecule has 4 aromatic rings. The number of hydrogen-bond donors (Lipinski definition) is 1. The van der Waals surface area contributed by atoms with Gasteiger partial charge in [0.05, 0.1) is 22.8 Å². The summed E-state index contributed by atoms with van der Waals surface area (Å²) >= 11 is 0. The third-order valence-corrected chi connectivity index (χ3v) is 4.46. The van der Waals surface area contributed by atoms with E-state index < -0.39 is 0 Å². The Morgan fingerprint density at radius 2 is 1.89 bits per heavy atom. The van der Waals surface area contributed by atoms with Crippen LogP contribution in [0, 0.1) is 13.8 Å². The van der Waals surface area contributed by atoms with Gasteiger partial charge in [-0.15, -0.1) is 0 Å². The van der Waals surface area contributed by atoms with Crippen LogP contribution in [0.5, 0.6) is 0 Å². The van der Waals surface area contributed by atoms with Crippen LogP contribution < -0.4 is 10.9 Å². The van der Waals surface area contributed by atoms with Crippen molar-refractivity contribution in [3.63, 3.8) is 0 Å². The van der Waals surface area contributed by atoms with Crippen LogP contribution in [0.2, 0.25) is 0 Å². The molecular formula is C21H17N5O2. The number of carbonyl (C=O) groups is 1. The maximum atomic E-state index is 12.9. The molecule has 0 fully saturated rings. The second kappa shape index (κ2) is 7.03. The van der Waals surface area contributed by atoms with E-state index in [0.717, 1.165) is 5.56 Å². The zero-order valence-corrected chi connectivity index (χ0v) is 15.4. The van der Waals surface area contributed by atoms with Gasteiger partial charge in [0.25, 0.3) is 11.5 Å². The summed E-state index contributed by atoms with van der Waals surface area (Å²) in [6.45, 7) is 3.66. The molecule has 4 rings (SSSR count). The highest BCUT2D eigenvalue weighted by molar-refractivity contribution is 6.03. The molecule has 1 amide bonds. The van der Waals surface area contributed by atoms with Gasteiger partial charge in [0, 0.05) is 18.1 Å². The zero-order valence-electron chi connectivity index (χ0n) is 15.4. The highest BCUT2D eigenvalue weighted by Crippen LogP contribution is 2.20. The number of anilines is 1. The number of nitrogens with zero attached hydrogens (tertiary/aromatic N) is 4. The van der Waals surface area contributed by atoms with E-state index in [0.29, 0.717) is 28.1 Å². The van der Waals surface area contributed by atoms with Gasteiger partial charge < -0.3 is 5.32 Å². The van der Waals surface area contributed by atoms with Crippen molar-refractivity contribution < 1.29 is 4.79 Å². The van der Waals surface area contributed by atoms with Crippen LogP contribution in [0.3, 0.4) is 0 Å². The Labute approximate surface area is 160 Å². The van der Waals surface area contributed by atoms with Gasteiger partial charge in [0.15, 0.2) is 0 Å². The summed E-state index contributed by atoms with van der Waals surface area (Å²) in [5.74, 6) is 0.254. The fraction of sp³-hybridized carbons (Fsp3) is 0.0952. The number of rotatable bonds is 3. The second-order valence-corrected chi connectivity index (χ2v) is 6.36. The third kappa shape index (κ3) is 3.14. The molecular weight excluding hydrogens is 354 g/mol. The molecule has 2 heterocycles. The molecule has 0 radical (unpaired) electrons. The van der Waals surface area contributed by atoms with Gasteiger partial charge in [0.2, 0.25) is 0 Å².